The summed E-state index contributed by atoms with van der Waals surface area (Å²) < 4.78 is 14.3. The monoisotopic (exact) mass is 954 g/mol. The van der Waals surface area contributed by atoms with Crippen LogP contribution in [0, 0.1) is 26.6 Å². The molecule has 6 aromatic carbocycles. The van der Waals surface area contributed by atoms with Crippen molar-refractivity contribution in [2.45, 2.75) is 78.6 Å². The van der Waals surface area contributed by atoms with E-state index in [1.165, 1.54) is 44.4 Å². The second-order valence-corrected chi connectivity index (χ2v) is 19.0. The number of rotatable bonds is 12. The number of nitrogens with zero attached hydrogens (tertiary/aromatic N) is 6. The van der Waals surface area contributed by atoms with Crippen LogP contribution in [0.15, 0.2) is 209 Å². The zero-order valence-corrected chi connectivity index (χ0v) is 41.9. The average molecular weight is 955 g/mol. The number of hydrogen-bond acceptors (Lipinski definition) is 6. The first-order valence-electron chi connectivity index (χ1n) is 25.5. The molecule has 3 aromatic heterocycles. The minimum Gasteiger partial charge on any atom is -0.257 e. The van der Waals surface area contributed by atoms with E-state index >= 15 is 0 Å². The topological polar surface area (TPSA) is 75.8 Å². The van der Waals surface area contributed by atoms with Gasteiger partial charge in [0, 0.05) is 86.3 Å². The summed E-state index contributed by atoms with van der Waals surface area (Å²) in [4.78, 5) is 28.5. The van der Waals surface area contributed by atoms with Crippen molar-refractivity contribution in [3.63, 3.8) is 0 Å². The molecule has 3 aliphatic heterocycles. The molecule has 73 heavy (non-hydrogen) atoms. The molecule has 0 atom stereocenters. The Labute approximate surface area is 428 Å². The standard InChI is InChI=1S/C22H19FN2.2C22H20N2/c1-15-5-4-7-19(22(15)23)21-14-13-18(25-21)12-11-17-10-9-16-6-2-3-8-20(16)24-17;1-16-6-2-4-8-20(16)22-15-14-19(24-22)13-12-18-11-10-17-7-3-5-9-21(17)23-18;1-16-5-4-7-18(15-16)22-14-13-20(24-22)12-11-19-10-9-17-6-2-3-8-21(17)23-19/h2-10,14H,11-13H2,1H3;2-11,15H,12-14H2,1H3;2-10,14-15H,11-13H2,1H3. The van der Waals surface area contributed by atoms with Gasteiger partial charge in [-0.05, 0) is 119 Å². The van der Waals surface area contributed by atoms with Crippen LogP contribution in [0.1, 0.15) is 89.0 Å². The lowest BCUT2D eigenvalue weighted by molar-refractivity contribution is 0.614. The van der Waals surface area contributed by atoms with E-state index in [9.17, 15) is 4.39 Å². The number of aromatic nitrogens is 3. The van der Waals surface area contributed by atoms with E-state index in [1.54, 1.807) is 19.1 Å². The van der Waals surface area contributed by atoms with Crippen LogP contribution in [0.4, 0.5) is 4.39 Å². The third-order valence-electron chi connectivity index (χ3n) is 13.6. The smallest absolute Gasteiger partial charge is 0.135 e. The zero-order chi connectivity index (χ0) is 49.9. The third-order valence-corrected chi connectivity index (χ3v) is 13.6. The number of halogens is 1. The Hall–Kier alpha value is -8.29. The van der Waals surface area contributed by atoms with Crippen molar-refractivity contribution in [3.8, 4) is 0 Å². The van der Waals surface area contributed by atoms with Gasteiger partial charge in [-0.1, -0.05) is 151 Å². The predicted molar refractivity (Wildman–Crippen MR) is 304 cm³/mol. The maximum Gasteiger partial charge on any atom is 0.135 e. The summed E-state index contributed by atoms with van der Waals surface area (Å²) in [6.45, 7) is 6.04. The normalized spacial score (nSPS) is 13.9. The molecule has 0 aliphatic carbocycles. The zero-order valence-electron chi connectivity index (χ0n) is 41.9. The molecule has 0 unspecified atom stereocenters. The molecule has 3 aliphatic rings. The van der Waals surface area contributed by atoms with Gasteiger partial charge in [-0.2, -0.15) is 0 Å². The van der Waals surface area contributed by atoms with Gasteiger partial charge in [0.25, 0.3) is 0 Å². The van der Waals surface area contributed by atoms with Gasteiger partial charge >= 0.3 is 0 Å². The average Bonchev–Trinajstić information content (AvgIpc) is 4.23. The summed E-state index contributed by atoms with van der Waals surface area (Å²) in [5, 5.41) is 3.55. The number of hydrogen-bond donors (Lipinski definition) is 0. The largest absolute Gasteiger partial charge is 0.257 e. The number of para-hydroxylation sites is 3. The first-order valence-corrected chi connectivity index (χ1v) is 25.5. The lowest BCUT2D eigenvalue weighted by Gasteiger charge is -2.05. The van der Waals surface area contributed by atoms with Crippen LogP contribution in [-0.2, 0) is 19.3 Å². The fourth-order valence-electron chi connectivity index (χ4n) is 9.49. The summed E-state index contributed by atoms with van der Waals surface area (Å²) in [5.41, 5.74) is 19.4. The first-order chi connectivity index (χ1) is 35.8. The highest BCUT2D eigenvalue weighted by atomic mass is 19.1. The summed E-state index contributed by atoms with van der Waals surface area (Å²) >= 11 is 0. The molecule has 6 nitrogen and oxygen atoms in total. The van der Waals surface area contributed by atoms with Crippen molar-refractivity contribution in [3.05, 3.63) is 250 Å². The SMILES string of the molecule is Cc1cccc(C2=CCC(CCc3ccc4ccccc4n3)=N2)c1.Cc1cccc(C2=CCC(CCc3ccc4ccccc4n3)=N2)c1F.Cc1ccccc1C1=CCC(CCc2ccc3ccccc3n2)=N1. The molecule has 360 valence electrons. The van der Waals surface area contributed by atoms with E-state index < -0.39 is 0 Å². The Balaban J connectivity index is 0.000000126. The van der Waals surface area contributed by atoms with E-state index in [0.29, 0.717) is 11.1 Å². The molecule has 0 radical (unpaired) electrons. The molecule has 7 heteroatoms. The fraction of sp³-hybridized carbons (Fsp3) is 0.182. The van der Waals surface area contributed by atoms with Crippen molar-refractivity contribution in [1.29, 1.82) is 0 Å². The number of aryl methyl sites for hydroxylation is 6. The highest BCUT2D eigenvalue weighted by molar-refractivity contribution is 5.98. The molecule has 0 saturated carbocycles. The van der Waals surface area contributed by atoms with E-state index in [-0.39, 0.29) is 5.82 Å². The molecule has 0 fully saturated rings. The molecule has 6 heterocycles. The van der Waals surface area contributed by atoms with Crippen LogP contribution >= 0.6 is 0 Å². The number of pyridine rings is 3. The summed E-state index contributed by atoms with van der Waals surface area (Å²) in [7, 11) is 0. The Morgan fingerprint density at radius 3 is 1.29 bits per heavy atom. The molecule has 0 bridgehead atoms. The van der Waals surface area contributed by atoms with Gasteiger partial charge in [-0.3, -0.25) is 29.9 Å². The van der Waals surface area contributed by atoms with Gasteiger partial charge in [0.2, 0.25) is 0 Å². The number of allylic oxidation sites excluding steroid dienone is 3. The number of benzene rings is 6. The molecule has 9 aromatic rings. The molecule has 0 spiro atoms. The Bertz CT molecular complexity index is 3670. The van der Waals surface area contributed by atoms with Crippen LogP contribution in [-0.4, -0.2) is 32.1 Å². The maximum absolute atomic E-state index is 14.3. The van der Waals surface area contributed by atoms with Gasteiger partial charge in [0.1, 0.15) is 5.82 Å². The van der Waals surface area contributed by atoms with Crippen molar-refractivity contribution >= 4 is 66.9 Å². The van der Waals surface area contributed by atoms with Gasteiger partial charge < -0.3 is 0 Å². The molecule has 0 N–H and O–H groups in total. The van der Waals surface area contributed by atoms with E-state index in [0.717, 1.165) is 120 Å². The van der Waals surface area contributed by atoms with E-state index in [2.05, 4.69) is 158 Å². The van der Waals surface area contributed by atoms with Gasteiger partial charge in [-0.25, -0.2) is 4.39 Å². The highest BCUT2D eigenvalue weighted by Gasteiger charge is 2.16. The summed E-state index contributed by atoms with van der Waals surface area (Å²) in [5.74, 6) is -0.171. The number of aliphatic imine (C=N–C) groups is 3. The lowest BCUT2D eigenvalue weighted by atomic mass is 10.1. The second-order valence-electron chi connectivity index (χ2n) is 19.0. The van der Waals surface area contributed by atoms with Crippen molar-refractivity contribution < 1.29 is 4.39 Å². The number of fused-ring (bicyclic) bond motifs is 3. The molecule has 0 amide bonds. The second kappa shape index (κ2) is 22.9. The van der Waals surface area contributed by atoms with Crippen molar-refractivity contribution in [2.24, 2.45) is 15.0 Å². The first kappa shape index (κ1) is 48.3. The van der Waals surface area contributed by atoms with E-state index in [1.807, 2.05) is 42.5 Å². The van der Waals surface area contributed by atoms with E-state index in [4.69, 9.17) is 24.9 Å². The predicted octanol–water partition coefficient (Wildman–Crippen LogP) is 16.2. The van der Waals surface area contributed by atoms with Gasteiger partial charge in [-0.15, -0.1) is 0 Å². The quantitative estimate of drug-likeness (QED) is 0.122. The Morgan fingerprint density at radius 1 is 0.370 bits per heavy atom. The van der Waals surface area contributed by atoms with Crippen LogP contribution in [0.5, 0.6) is 0 Å². The summed E-state index contributed by atoms with van der Waals surface area (Å²) in [6.07, 6.45) is 14.7. The van der Waals surface area contributed by atoms with Gasteiger partial charge in [0.05, 0.1) is 33.6 Å². The van der Waals surface area contributed by atoms with Crippen molar-refractivity contribution in [2.75, 3.05) is 0 Å². The van der Waals surface area contributed by atoms with Crippen LogP contribution < -0.4 is 0 Å². The minimum absolute atomic E-state index is 0.171. The molecule has 0 saturated heterocycles. The highest BCUT2D eigenvalue weighted by Crippen LogP contribution is 2.29. The van der Waals surface area contributed by atoms with Crippen LogP contribution in [0.25, 0.3) is 49.8 Å². The maximum atomic E-state index is 14.3. The fourth-order valence-corrected chi connectivity index (χ4v) is 9.49. The molecule has 12 rings (SSSR count). The van der Waals surface area contributed by atoms with Crippen LogP contribution in [0.3, 0.4) is 0 Å². The Kier molecular flexibility index (Phi) is 15.1. The van der Waals surface area contributed by atoms with Gasteiger partial charge in [0.15, 0.2) is 0 Å². The van der Waals surface area contributed by atoms with Crippen molar-refractivity contribution in [1.82, 2.24) is 15.0 Å². The third kappa shape index (κ3) is 12.3. The summed E-state index contributed by atoms with van der Waals surface area (Å²) in [6, 6.07) is 59.9. The van der Waals surface area contributed by atoms with Crippen LogP contribution in [0.2, 0.25) is 0 Å². The Morgan fingerprint density at radius 2 is 0.781 bits per heavy atom. The molecular formula is C66H59FN6. The lowest BCUT2D eigenvalue weighted by Crippen LogP contribution is -1.99. The minimum atomic E-state index is -0.171. The molecular weight excluding hydrogens is 896 g/mol.